The summed E-state index contributed by atoms with van der Waals surface area (Å²) in [4.78, 5) is 33.7. The number of amides is 3. The minimum absolute atomic E-state index is 0.173. The van der Waals surface area contributed by atoms with Crippen LogP contribution in [-0.2, 0) is 19.4 Å². The monoisotopic (exact) mass is 314 g/mol. The summed E-state index contributed by atoms with van der Waals surface area (Å²) in [5.74, 6) is -1.80. The van der Waals surface area contributed by atoms with E-state index in [-0.39, 0.29) is 10.5 Å². The fourth-order valence-corrected chi connectivity index (χ4v) is 2.27. The van der Waals surface area contributed by atoms with E-state index in [2.05, 4.69) is 10.1 Å². The Bertz CT molecular complexity index is 668. The lowest BCUT2D eigenvalue weighted by molar-refractivity contribution is -0.123. The van der Waals surface area contributed by atoms with Crippen LogP contribution in [0.1, 0.15) is 10.4 Å². The van der Waals surface area contributed by atoms with E-state index < -0.39 is 34.4 Å². The molecule has 1 aromatic rings. The molecule has 0 aliphatic rings. The van der Waals surface area contributed by atoms with E-state index in [1.165, 1.54) is 31.3 Å². The van der Waals surface area contributed by atoms with Gasteiger partial charge in [0.25, 0.3) is 5.91 Å². The Morgan fingerprint density at radius 3 is 2.38 bits per heavy atom. The van der Waals surface area contributed by atoms with E-state index in [0.717, 1.165) is 6.26 Å². The summed E-state index contributed by atoms with van der Waals surface area (Å²) in [5.41, 5.74) is -0.173. The Hall–Kier alpha value is -2.42. The first-order chi connectivity index (χ1) is 9.75. The van der Waals surface area contributed by atoms with Gasteiger partial charge in [0.05, 0.1) is 10.5 Å². The molecule has 0 aliphatic carbocycles. The van der Waals surface area contributed by atoms with Crippen LogP contribution >= 0.6 is 0 Å². The van der Waals surface area contributed by atoms with Crippen molar-refractivity contribution in [2.75, 3.05) is 19.9 Å². The molecule has 2 N–H and O–H groups in total. The first-order valence-corrected chi connectivity index (χ1v) is 7.62. The van der Waals surface area contributed by atoms with Gasteiger partial charge in [-0.15, -0.1) is 0 Å². The number of hydrogen-bond acceptors (Lipinski definition) is 6. The predicted octanol–water partition coefficient (Wildman–Crippen LogP) is -0.298. The molecule has 0 saturated heterocycles. The molecule has 0 unspecified atom stereocenters. The summed E-state index contributed by atoms with van der Waals surface area (Å²) < 4.78 is 27.8. The van der Waals surface area contributed by atoms with Crippen molar-refractivity contribution in [2.45, 2.75) is 4.90 Å². The minimum Gasteiger partial charge on any atom is -0.452 e. The molecule has 0 aliphatic heterocycles. The highest BCUT2D eigenvalue weighted by atomic mass is 32.2. The maximum Gasteiger partial charge on any atom is 0.339 e. The van der Waals surface area contributed by atoms with Crippen LogP contribution < -0.4 is 10.6 Å². The molecule has 0 spiro atoms. The third-order valence-electron chi connectivity index (χ3n) is 2.32. The molecule has 0 fully saturated rings. The lowest BCUT2D eigenvalue weighted by atomic mass is 10.2. The lowest BCUT2D eigenvalue weighted by Gasteiger charge is -2.08. The Kier molecular flexibility index (Phi) is 5.42. The van der Waals surface area contributed by atoms with Crippen molar-refractivity contribution >= 4 is 27.7 Å². The van der Waals surface area contributed by atoms with Gasteiger partial charge in [-0.25, -0.2) is 18.0 Å². The van der Waals surface area contributed by atoms with Gasteiger partial charge >= 0.3 is 12.0 Å². The SMILES string of the molecule is CNC(=O)NC(=O)COC(=O)c1ccccc1S(C)(=O)=O. The molecule has 0 radical (unpaired) electrons. The highest BCUT2D eigenvalue weighted by molar-refractivity contribution is 7.90. The number of nitrogens with one attached hydrogen (secondary N) is 2. The van der Waals surface area contributed by atoms with Crippen molar-refractivity contribution in [3.05, 3.63) is 29.8 Å². The maximum absolute atomic E-state index is 11.8. The van der Waals surface area contributed by atoms with E-state index in [9.17, 15) is 22.8 Å². The number of imide groups is 1. The zero-order valence-corrected chi connectivity index (χ0v) is 12.2. The smallest absolute Gasteiger partial charge is 0.339 e. The van der Waals surface area contributed by atoms with Crippen molar-refractivity contribution in [2.24, 2.45) is 0 Å². The number of rotatable bonds is 4. The number of hydrogen-bond donors (Lipinski definition) is 2. The molecular formula is C12H14N2O6S. The number of esters is 1. The van der Waals surface area contributed by atoms with Crippen LogP contribution in [0.3, 0.4) is 0 Å². The molecule has 0 saturated carbocycles. The first kappa shape index (κ1) is 16.6. The van der Waals surface area contributed by atoms with Crippen molar-refractivity contribution in [3.8, 4) is 0 Å². The van der Waals surface area contributed by atoms with Gasteiger partial charge in [-0.1, -0.05) is 12.1 Å². The van der Waals surface area contributed by atoms with Gasteiger partial charge in [0.15, 0.2) is 16.4 Å². The fourth-order valence-electron chi connectivity index (χ4n) is 1.39. The quantitative estimate of drug-likeness (QED) is 0.737. The third-order valence-corrected chi connectivity index (χ3v) is 3.48. The second-order valence-corrected chi connectivity index (χ2v) is 5.96. The molecule has 0 heterocycles. The van der Waals surface area contributed by atoms with Crippen LogP contribution in [0.4, 0.5) is 4.79 Å². The van der Waals surface area contributed by atoms with Gasteiger partial charge in [0.2, 0.25) is 0 Å². The minimum atomic E-state index is -3.61. The van der Waals surface area contributed by atoms with Crippen LogP contribution in [-0.4, -0.2) is 46.2 Å². The van der Waals surface area contributed by atoms with Crippen molar-refractivity contribution in [1.82, 2.24) is 10.6 Å². The summed E-state index contributed by atoms with van der Waals surface area (Å²) in [6, 6.07) is 4.72. The molecule has 1 rings (SSSR count). The predicted molar refractivity (Wildman–Crippen MR) is 72.4 cm³/mol. The van der Waals surface area contributed by atoms with Gasteiger partial charge in [0.1, 0.15) is 0 Å². The van der Waals surface area contributed by atoms with E-state index >= 15 is 0 Å². The number of carbonyl (C=O) groups is 3. The maximum atomic E-state index is 11.8. The Morgan fingerprint density at radius 1 is 1.19 bits per heavy atom. The van der Waals surface area contributed by atoms with Gasteiger partial charge in [-0.3, -0.25) is 10.1 Å². The largest absolute Gasteiger partial charge is 0.452 e. The topological polar surface area (TPSA) is 119 Å². The van der Waals surface area contributed by atoms with Crippen LogP contribution in [0, 0.1) is 0 Å². The average Bonchev–Trinajstić information content (AvgIpc) is 2.43. The summed E-state index contributed by atoms with van der Waals surface area (Å²) in [5, 5.41) is 4.05. The molecule has 9 heteroatoms. The average molecular weight is 314 g/mol. The Morgan fingerprint density at radius 2 is 1.81 bits per heavy atom. The fraction of sp³-hybridized carbons (Fsp3) is 0.250. The normalized spacial score (nSPS) is 10.6. The third kappa shape index (κ3) is 4.88. The highest BCUT2D eigenvalue weighted by Crippen LogP contribution is 2.16. The van der Waals surface area contributed by atoms with Crippen LogP contribution in [0.15, 0.2) is 29.2 Å². The molecule has 3 amide bonds. The zero-order chi connectivity index (χ0) is 16.0. The summed E-state index contributed by atoms with van der Waals surface area (Å²) in [6.45, 7) is -0.704. The standard InChI is InChI=1S/C12H14N2O6S/c1-13-12(17)14-10(15)7-20-11(16)8-5-3-4-6-9(8)21(2,18)19/h3-6H,7H2,1-2H3,(H2,13,14,15,17). The summed E-state index contributed by atoms with van der Waals surface area (Å²) >= 11 is 0. The molecule has 8 nitrogen and oxygen atoms in total. The molecule has 21 heavy (non-hydrogen) atoms. The van der Waals surface area contributed by atoms with Crippen molar-refractivity contribution < 1.29 is 27.5 Å². The van der Waals surface area contributed by atoms with Crippen LogP contribution in [0.2, 0.25) is 0 Å². The van der Waals surface area contributed by atoms with E-state index in [4.69, 9.17) is 0 Å². The lowest BCUT2D eigenvalue weighted by Crippen LogP contribution is -2.39. The van der Waals surface area contributed by atoms with Gasteiger partial charge in [-0.05, 0) is 12.1 Å². The van der Waals surface area contributed by atoms with E-state index in [1.807, 2.05) is 5.32 Å². The van der Waals surface area contributed by atoms with E-state index in [1.54, 1.807) is 0 Å². The van der Waals surface area contributed by atoms with Gasteiger partial charge < -0.3 is 10.1 Å². The van der Waals surface area contributed by atoms with Crippen LogP contribution in [0.25, 0.3) is 0 Å². The molecule has 0 aromatic heterocycles. The first-order valence-electron chi connectivity index (χ1n) is 5.73. The number of sulfone groups is 1. The van der Waals surface area contributed by atoms with Crippen LogP contribution in [0.5, 0.6) is 0 Å². The summed E-state index contributed by atoms with van der Waals surface area (Å²) in [7, 11) is -2.29. The highest BCUT2D eigenvalue weighted by Gasteiger charge is 2.20. The number of benzene rings is 1. The van der Waals surface area contributed by atoms with Gasteiger partial charge in [-0.2, -0.15) is 0 Å². The molecule has 1 aromatic carbocycles. The Labute approximate surface area is 121 Å². The molecule has 114 valence electrons. The number of urea groups is 1. The van der Waals surface area contributed by atoms with Crippen molar-refractivity contribution in [3.63, 3.8) is 0 Å². The van der Waals surface area contributed by atoms with Gasteiger partial charge in [0, 0.05) is 13.3 Å². The second kappa shape index (κ2) is 6.84. The molecule has 0 bridgehead atoms. The molecular weight excluding hydrogens is 300 g/mol. The van der Waals surface area contributed by atoms with E-state index in [0.29, 0.717) is 0 Å². The number of ether oxygens (including phenoxy) is 1. The number of carbonyl (C=O) groups excluding carboxylic acids is 3. The second-order valence-electron chi connectivity index (χ2n) is 3.97. The van der Waals surface area contributed by atoms with Crippen molar-refractivity contribution in [1.29, 1.82) is 0 Å². The zero-order valence-electron chi connectivity index (χ0n) is 11.4. The molecule has 0 atom stereocenters. The summed E-state index contributed by atoms with van der Waals surface area (Å²) in [6.07, 6.45) is 0.956. The Balaban J connectivity index is 2.78.